The predicted octanol–water partition coefficient (Wildman–Crippen LogP) is 1.71. The van der Waals surface area contributed by atoms with Crippen LogP contribution in [0.4, 0.5) is 0 Å². The molecule has 6 heteroatoms. The molecule has 1 aromatic heterocycles. The Morgan fingerprint density at radius 2 is 2.24 bits per heavy atom. The van der Waals surface area contributed by atoms with Gasteiger partial charge >= 0.3 is 0 Å². The monoisotopic (exact) mass is 322 g/mol. The standard InChI is InChI=1S/C11H19BrN4.ClH/c1-8-11(12)10(15(3)14-8)7-16-5-4-9(6-16)13-2;/h9,13H,4-7H2,1-3H3;1H. The van der Waals surface area contributed by atoms with E-state index < -0.39 is 0 Å². The van der Waals surface area contributed by atoms with E-state index >= 15 is 0 Å². The Bertz CT molecular complexity index is 380. The van der Waals surface area contributed by atoms with E-state index in [-0.39, 0.29) is 12.4 Å². The Hall–Kier alpha value is -0.100. The van der Waals surface area contributed by atoms with Crippen molar-refractivity contribution in [1.82, 2.24) is 20.0 Å². The maximum absolute atomic E-state index is 4.42. The Labute approximate surface area is 117 Å². The topological polar surface area (TPSA) is 33.1 Å². The van der Waals surface area contributed by atoms with Crippen molar-refractivity contribution in [2.24, 2.45) is 7.05 Å². The molecule has 0 bridgehead atoms. The van der Waals surface area contributed by atoms with E-state index in [0.717, 1.165) is 23.3 Å². The second-order valence-corrected chi connectivity index (χ2v) is 5.27. The van der Waals surface area contributed by atoms with Crippen LogP contribution in [0.15, 0.2) is 4.47 Å². The quantitative estimate of drug-likeness (QED) is 0.919. The van der Waals surface area contributed by atoms with Gasteiger partial charge in [0.1, 0.15) is 0 Å². The minimum Gasteiger partial charge on any atom is -0.316 e. The highest BCUT2D eigenvalue weighted by atomic mass is 79.9. The number of hydrogen-bond donors (Lipinski definition) is 1. The molecule has 2 heterocycles. The lowest BCUT2D eigenvalue weighted by atomic mass is 10.3. The number of nitrogens with zero attached hydrogens (tertiary/aromatic N) is 3. The fraction of sp³-hybridized carbons (Fsp3) is 0.727. The zero-order valence-corrected chi connectivity index (χ0v) is 12.9. The summed E-state index contributed by atoms with van der Waals surface area (Å²) in [6.45, 7) is 5.32. The number of likely N-dealkylation sites (N-methyl/N-ethyl adjacent to an activating group) is 1. The molecule has 1 saturated heterocycles. The molecule has 1 atom stereocenters. The van der Waals surface area contributed by atoms with E-state index in [9.17, 15) is 0 Å². The summed E-state index contributed by atoms with van der Waals surface area (Å²) < 4.78 is 3.13. The summed E-state index contributed by atoms with van der Waals surface area (Å²) >= 11 is 3.61. The van der Waals surface area contributed by atoms with Crippen LogP contribution in [0.5, 0.6) is 0 Å². The Morgan fingerprint density at radius 1 is 1.53 bits per heavy atom. The zero-order chi connectivity index (χ0) is 11.7. The van der Waals surface area contributed by atoms with Crippen molar-refractivity contribution in [3.8, 4) is 0 Å². The van der Waals surface area contributed by atoms with Gasteiger partial charge in [-0.3, -0.25) is 9.58 Å². The Morgan fingerprint density at radius 3 is 2.71 bits per heavy atom. The van der Waals surface area contributed by atoms with Crippen molar-refractivity contribution in [2.75, 3.05) is 20.1 Å². The van der Waals surface area contributed by atoms with Crippen LogP contribution in [0.1, 0.15) is 17.8 Å². The number of aryl methyl sites for hydroxylation is 2. The zero-order valence-electron chi connectivity index (χ0n) is 10.5. The number of rotatable bonds is 3. The molecule has 98 valence electrons. The van der Waals surface area contributed by atoms with Gasteiger partial charge in [-0.25, -0.2) is 0 Å². The van der Waals surface area contributed by atoms with Crippen LogP contribution >= 0.6 is 28.3 Å². The summed E-state index contributed by atoms with van der Waals surface area (Å²) in [6, 6.07) is 0.646. The van der Waals surface area contributed by atoms with Crippen LogP contribution in [0.25, 0.3) is 0 Å². The molecule has 0 amide bonds. The molecule has 0 spiro atoms. The number of nitrogens with one attached hydrogen (secondary N) is 1. The van der Waals surface area contributed by atoms with Crippen molar-refractivity contribution >= 4 is 28.3 Å². The first-order valence-electron chi connectivity index (χ1n) is 5.69. The molecule has 1 unspecified atom stereocenters. The van der Waals surface area contributed by atoms with E-state index in [1.165, 1.54) is 18.7 Å². The number of likely N-dealkylation sites (tertiary alicyclic amines) is 1. The maximum atomic E-state index is 4.42. The second-order valence-electron chi connectivity index (χ2n) is 4.48. The molecule has 0 saturated carbocycles. The van der Waals surface area contributed by atoms with Gasteiger partial charge in [0.15, 0.2) is 0 Å². The minimum absolute atomic E-state index is 0. The summed E-state index contributed by atoms with van der Waals surface area (Å²) in [6.07, 6.45) is 1.24. The third kappa shape index (κ3) is 3.22. The minimum atomic E-state index is 0. The Balaban J connectivity index is 0.00000144. The van der Waals surface area contributed by atoms with Gasteiger partial charge in [-0.15, -0.1) is 12.4 Å². The summed E-state index contributed by atoms with van der Waals surface area (Å²) in [5.74, 6) is 0. The van der Waals surface area contributed by atoms with Gasteiger partial charge in [0.05, 0.1) is 15.9 Å². The highest BCUT2D eigenvalue weighted by Gasteiger charge is 2.23. The summed E-state index contributed by atoms with van der Waals surface area (Å²) in [7, 11) is 4.05. The lowest BCUT2D eigenvalue weighted by molar-refractivity contribution is 0.312. The molecule has 1 aromatic rings. The maximum Gasteiger partial charge on any atom is 0.0739 e. The van der Waals surface area contributed by atoms with Gasteiger partial charge in [0, 0.05) is 32.7 Å². The predicted molar refractivity (Wildman–Crippen MR) is 75.6 cm³/mol. The molecule has 1 N–H and O–H groups in total. The van der Waals surface area contributed by atoms with E-state index in [2.05, 4.69) is 31.2 Å². The van der Waals surface area contributed by atoms with Gasteiger partial charge in [0.2, 0.25) is 0 Å². The molecule has 2 rings (SSSR count). The normalized spacial score (nSPS) is 20.6. The van der Waals surface area contributed by atoms with Crippen molar-refractivity contribution < 1.29 is 0 Å². The van der Waals surface area contributed by atoms with Gasteiger partial charge in [-0.2, -0.15) is 5.10 Å². The molecular weight excluding hydrogens is 304 g/mol. The molecular formula is C11H20BrClN4. The Kier molecular flexibility index (Phi) is 5.44. The SMILES string of the molecule is CNC1CCN(Cc2c(Br)c(C)nn2C)C1.Cl. The smallest absolute Gasteiger partial charge is 0.0739 e. The first-order chi connectivity index (χ1) is 7.61. The van der Waals surface area contributed by atoms with Crippen LogP contribution in [0.3, 0.4) is 0 Å². The van der Waals surface area contributed by atoms with Crippen molar-refractivity contribution in [3.63, 3.8) is 0 Å². The largest absolute Gasteiger partial charge is 0.316 e. The number of halogens is 2. The fourth-order valence-corrected chi connectivity index (χ4v) is 2.74. The van der Waals surface area contributed by atoms with Gasteiger partial charge in [0.25, 0.3) is 0 Å². The molecule has 1 fully saturated rings. The van der Waals surface area contributed by atoms with Crippen LogP contribution in [-0.2, 0) is 13.6 Å². The fourth-order valence-electron chi connectivity index (χ4n) is 2.28. The average molecular weight is 324 g/mol. The van der Waals surface area contributed by atoms with Crippen LogP contribution in [0.2, 0.25) is 0 Å². The lowest BCUT2D eigenvalue weighted by Crippen LogP contribution is -2.29. The van der Waals surface area contributed by atoms with Gasteiger partial charge in [-0.05, 0) is 36.3 Å². The third-order valence-corrected chi connectivity index (χ3v) is 4.35. The average Bonchev–Trinajstić information content (AvgIpc) is 2.80. The molecule has 0 radical (unpaired) electrons. The van der Waals surface area contributed by atoms with E-state index in [0.29, 0.717) is 6.04 Å². The highest BCUT2D eigenvalue weighted by Crippen LogP contribution is 2.23. The summed E-state index contributed by atoms with van der Waals surface area (Å²) in [5.41, 5.74) is 2.34. The van der Waals surface area contributed by atoms with Crippen molar-refractivity contribution in [3.05, 3.63) is 15.9 Å². The van der Waals surface area contributed by atoms with E-state index in [1.807, 2.05) is 25.7 Å². The summed E-state index contributed by atoms with van der Waals surface area (Å²) in [5, 5.41) is 7.76. The number of aromatic nitrogens is 2. The first kappa shape index (κ1) is 15.0. The first-order valence-corrected chi connectivity index (χ1v) is 6.48. The molecule has 4 nitrogen and oxygen atoms in total. The van der Waals surface area contributed by atoms with E-state index in [1.54, 1.807) is 0 Å². The molecule has 1 aliphatic heterocycles. The van der Waals surface area contributed by atoms with Crippen molar-refractivity contribution in [1.29, 1.82) is 0 Å². The van der Waals surface area contributed by atoms with E-state index in [4.69, 9.17) is 0 Å². The number of hydrogen-bond acceptors (Lipinski definition) is 3. The molecule has 0 aromatic carbocycles. The van der Waals surface area contributed by atoms with Crippen LogP contribution < -0.4 is 5.32 Å². The van der Waals surface area contributed by atoms with Crippen LogP contribution in [-0.4, -0.2) is 40.9 Å². The summed E-state index contributed by atoms with van der Waals surface area (Å²) in [4.78, 5) is 2.47. The third-order valence-electron chi connectivity index (χ3n) is 3.32. The molecule has 17 heavy (non-hydrogen) atoms. The highest BCUT2D eigenvalue weighted by molar-refractivity contribution is 9.10. The van der Waals surface area contributed by atoms with Gasteiger partial charge in [-0.1, -0.05) is 0 Å². The van der Waals surface area contributed by atoms with Crippen molar-refractivity contribution in [2.45, 2.75) is 25.9 Å². The van der Waals surface area contributed by atoms with Gasteiger partial charge < -0.3 is 5.32 Å². The second kappa shape index (κ2) is 6.18. The molecule has 0 aliphatic carbocycles. The molecule has 1 aliphatic rings. The van der Waals surface area contributed by atoms with Crippen LogP contribution in [0, 0.1) is 6.92 Å². The lowest BCUT2D eigenvalue weighted by Gasteiger charge is -2.16.